The maximum absolute atomic E-state index is 13.5. The van der Waals surface area contributed by atoms with E-state index in [2.05, 4.69) is 22.8 Å². The smallest absolute Gasteiger partial charge is 0.124 e. The van der Waals surface area contributed by atoms with E-state index in [1.807, 2.05) is 25.3 Å². The van der Waals surface area contributed by atoms with E-state index in [4.69, 9.17) is 5.26 Å². The van der Waals surface area contributed by atoms with Gasteiger partial charge in [-0.2, -0.15) is 5.26 Å². The first-order valence-electron chi connectivity index (χ1n) is 6.41. The van der Waals surface area contributed by atoms with Crippen LogP contribution in [0.15, 0.2) is 48.7 Å². The number of fused-ring (bicyclic) bond motifs is 1. The largest absolute Gasteiger partial charge is 0.343 e. The number of hydrogen-bond acceptors (Lipinski definition) is 1. The van der Waals surface area contributed by atoms with Gasteiger partial charge in [0.05, 0.1) is 11.6 Å². The summed E-state index contributed by atoms with van der Waals surface area (Å²) in [7, 11) is 0. The fourth-order valence-electron chi connectivity index (χ4n) is 2.43. The maximum Gasteiger partial charge on any atom is 0.124 e. The van der Waals surface area contributed by atoms with Crippen molar-refractivity contribution in [1.82, 2.24) is 4.57 Å². The van der Waals surface area contributed by atoms with E-state index in [9.17, 15) is 4.39 Å². The summed E-state index contributed by atoms with van der Waals surface area (Å²) in [5.74, 6) is -0.369. The van der Waals surface area contributed by atoms with Gasteiger partial charge in [0.15, 0.2) is 0 Å². The van der Waals surface area contributed by atoms with Crippen LogP contribution in [0.25, 0.3) is 10.9 Å². The molecule has 0 aliphatic carbocycles. The molecule has 98 valence electrons. The van der Waals surface area contributed by atoms with Crippen LogP contribution in [0, 0.1) is 24.1 Å². The molecule has 0 saturated carbocycles. The van der Waals surface area contributed by atoms with E-state index in [0.717, 1.165) is 16.5 Å². The molecule has 3 rings (SSSR count). The summed E-state index contributed by atoms with van der Waals surface area (Å²) in [5.41, 5.74) is 3.45. The molecule has 1 heterocycles. The first-order chi connectivity index (χ1) is 9.65. The molecule has 20 heavy (non-hydrogen) atoms. The van der Waals surface area contributed by atoms with Crippen LogP contribution in [0.1, 0.15) is 16.7 Å². The van der Waals surface area contributed by atoms with Gasteiger partial charge in [0.1, 0.15) is 5.82 Å². The average Bonchev–Trinajstić information content (AvgIpc) is 2.80. The highest BCUT2D eigenvalue weighted by Gasteiger charge is 2.05. The topological polar surface area (TPSA) is 28.7 Å². The molecular weight excluding hydrogens is 251 g/mol. The molecule has 3 heteroatoms. The molecule has 2 nitrogen and oxygen atoms in total. The second kappa shape index (κ2) is 4.82. The molecule has 0 amide bonds. The highest BCUT2D eigenvalue weighted by molar-refractivity contribution is 5.80. The third-order valence-corrected chi connectivity index (χ3v) is 3.37. The lowest BCUT2D eigenvalue weighted by atomic mass is 10.1. The molecule has 0 aliphatic heterocycles. The van der Waals surface area contributed by atoms with E-state index in [1.165, 1.54) is 17.7 Å². The zero-order valence-electron chi connectivity index (χ0n) is 11.1. The predicted molar refractivity (Wildman–Crippen MR) is 76.9 cm³/mol. The van der Waals surface area contributed by atoms with Crippen LogP contribution in [0.4, 0.5) is 4.39 Å². The van der Waals surface area contributed by atoms with Gasteiger partial charge in [-0.05, 0) is 53.8 Å². The van der Waals surface area contributed by atoms with Gasteiger partial charge in [0.25, 0.3) is 0 Å². The lowest BCUT2D eigenvalue weighted by Crippen LogP contribution is -1.99. The summed E-state index contributed by atoms with van der Waals surface area (Å²) in [6.45, 7) is 2.60. The molecule has 0 fully saturated rings. The lowest BCUT2D eigenvalue weighted by molar-refractivity contribution is 0.623. The van der Waals surface area contributed by atoms with Crippen molar-refractivity contribution < 1.29 is 4.39 Å². The van der Waals surface area contributed by atoms with E-state index in [1.54, 1.807) is 6.07 Å². The SMILES string of the molecule is Cc1ccc2ccn(Cc3cc(F)cc(C#N)c3)c2c1. The minimum atomic E-state index is -0.369. The summed E-state index contributed by atoms with van der Waals surface area (Å²) in [5, 5.41) is 10.1. The summed E-state index contributed by atoms with van der Waals surface area (Å²) in [6.07, 6.45) is 1.99. The zero-order valence-corrected chi connectivity index (χ0v) is 11.1. The summed E-state index contributed by atoms with van der Waals surface area (Å²) >= 11 is 0. The van der Waals surface area contributed by atoms with E-state index >= 15 is 0 Å². The molecule has 0 atom stereocenters. The quantitative estimate of drug-likeness (QED) is 0.687. The minimum absolute atomic E-state index is 0.354. The summed E-state index contributed by atoms with van der Waals surface area (Å²) < 4.78 is 15.5. The number of rotatable bonds is 2. The van der Waals surface area contributed by atoms with E-state index in [-0.39, 0.29) is 5.82 Å². The Labute approximate surface area is 116 Å². The summed E-state index contributed by atoms with van der Waals surface area (Å²) in [4.78, 5) is 0. The number of aryl methyl sites for hydroxylation is 1. The first-order valence-corrected chi connectivity index (χ1v) is 6.41. The number of hydrogen-bond donors (Lipinski definition) is 0. The molecular formula is C17H13FN2. The number of halogens is 1. The predicted octanol–water partition coefficient (Wildman–Crippen LogP) is 4.01. The molecule has 0 bridgehead atoms. The fraction of sp³-hybridized carbons (Fsp3) is 0.118. The Kier molecular flexibility index (Phi) is 3.00. The van der Waals surface area contributed by atoms with Crippen molar-refractivity contribution in [1.29, 1.82) is 5.26 Å². The van der Waals surface area contributed by atoms with E-state index in [0.29, 0.717) is 12.1 Å². The van der Waals surface area contributed by atoms with Crippen molar-refractivity contribution in [3.8, 4) is 6.07 Å². The minimum Gasteiger partial charge on any atom is -0.343 e. The normalized spacial score (nSPS) is 10.7. The Morgan fingerprint density at radius 1 is 1.15 bits per heavy atom. The van der Waals surface area contributed by atoms with Gasteiger partial charge in [-0.1, -0.05) is 12.1 Å². The van der Waals surface area contributed by atoms with Crippen molar-refractivity contribution in [2.24, 2.45) is 0 Å². The van der Waals surface area contributed by atoms with Gasteiger partial charge in [0, 0.05) is 18.3 Å². The van der Waals surface area contributed by atoms with Crippen LogP contribution < -0.4 is 0 Å². The van der Waals surface area contributed by atoms with Crippen molar-refractivity contribution in [3.05, 3.63) is 71.2 Å². The van der Waals surface area contributed by atoms with Crippen LogP contribution in [-0.4, -0.2) is 4.57 Å². The number of nitrogens with zero attached hydrogens (tertiary/aromatic N) is 2. The lowest BCUT2D eigenvalue weighted by Gasteiger charge is -2.07. The highest BCUT2D eigenvalue weighted by atomic mass is 19.1. The van der Waals surface area contributed by atoms with Crippen LogP contribution in [0.2, 0.25) is 0 Å². The fourth-order valence-corrected chi connectivity index (χ4v) is 2.43. The van der Waals surface area contributed by atoms with Crippen molar-refractivity contribution in [3.63, 3.8) is 0 Å². The Morgan fingerprint density at radius 2 is 2.00 bits per heavy atom. The monoisotopic (exact) mass is 264 g/mol. The Bertz CT molecular complexity index is 825. The standard InChI is InChI=1S/C17H13FN2/c1-12-2-3-15-4-5-20(17(15)6-12)11-14-7-13(10-19)8-16(18)9-14/h2-9H,11H2,1H3. The molecule has 0 saturated heterocycles. The molecule has 0 unspecified atom stereocenters. The van der Waals surface area contributed by atoms with Gasteiger partial charge in [-0.15, -0.1) is 0 Å². The number of benzene rings is 2. The van der Waals surface area contributed by atoms with Crippen molar-refractivity contribution in [2.75, 3.05) is 0 Å². The van der Waals surface area contributed by atoms with Crippen molar-refractivity contribution in [2.45, 2.75) is 13.5 Å². The Hall–Kier alpha value is -2.60. The van der Waals surface area contributed by atoms with E-state index < -0.39 is 0 Å². The van der Waals surface area contributed by atoms with Gasteiger partial charge < -0.3 is 4.57 Å². The second-order valence-electron chi connectivity index (χ2n) is 4.97. The Balaban J connectivity index is 2.03. The highest BCUT2D eigenvalue weighted by Crippen LogP contribution is 2.19. The molecule has 0 radical (unpaired) electrons. The molecule has 3 aromatic rings. The Morgan fingerprint density at radius 3 is 2.80 bits per heavy atom. The van der Waals surface area contributed by atoms with Gasteiger partial charge in [-0.3, -0.25) is 0 Å². The third-order valence-electron chi connectivity index (χ3n) is 3.37. The maximum atomic E-state index is 13.5. The number of nitriles is 1. The van der Waals surface area contributed by atoms with Crippen molar-refractivity contribution >= 4 is 10.9 Å². The molecule has 2 aromatic carbocycles. The van der Waals surface area contributed by atoms with Crippen LogP contribution in [0.3, 0.4) is 0 Å². The molecule has 1 aromatic heterocycles. The van der Waals surface area contributed by atoms with Gasteiger partial charge in [-0.25, -0.2) is 4.39 Å². The molecule has 0 aliphatic rings. The third kappa shape index (κ3) is 2.28. The molecule has 0 spiro atoms. The van der Waals surface area contributed by atoms with Crippen LogP contribution >= 0.6 is 0 Å². The van der Waals surface area contributed by atoms with Gasteiger partial charge in [0.2, 0.25) is 0 Å². The molecule has 0 N–H and O–H groups in total. The zero-order chi connectivity index (χ0) is 14.1. The summed E-state index contributed by atoms with van der Waals surface area (Å²) in [6, 6.07) is 14.7. The van der Waals surface area contributed by atoms with Crippen LogP contribution in [-0.2, 0) is 6.54 Å². The first kappa shape index (κ1) is 12.4. The number of aromatic nitrogens is 1. The van der Waals surface area contributed by atoms with Crippen LogP contribution in [0.5, 0.6) is 0 Å². The average molecular weight is 264 g/mol. The van der Waals surface area contributed by atoms with Gasteiger partial charge >= 0.3 is 0 Å². The second-order valence-corrected chi connectivity index (χ2v) is 4.97.